The molecule has 3 heterocycles. The molecule has 1 aliphatic heterocycles. The highest BCUT2D eigenvalue weighted by atomic mass is 32.2. The number of hydrogen-bond donors (Lipinski definition) is 2. The summed E-state index contributed by atoms with van der Waals surface area (Å²) in [7, 11) is 1.95. The predicted octanol–water partition coefficient (Wildman–Crippen LogP) is 4.25. The zero-order chi connectivity index (χ0) is 23.1. The van der Waals surface area contributed by atoms with Gasteiger partial charge in [0.25, 0.3) is 11.8 Å². The van der Waals surface area contributed by atoms with Crippen LogP contribution in [-0.2, 0) is 23.2 Å². The minimum atomic E-state index is -0.360. The lowest BCUT2D eigenvalue weighted by atomic mass is 9.95. The van der Waals surface area contributed by atoms with E-state index in [1.807, 2.05) is 72.5 Å². The standard InChI is InChI=1S/C26H24N4O2S/c1-16(27)33-13-7-12-30-15-20(18-9-4-6-11-22(18)30)24-23(25(31)28-26(24)32)19-14-29(2)21-10-5-3-8-17(19)21/h3-6,8-11,14-15H,1,7,12-13,27H2,2H3,(H,28,31,32). The summed E-state index contributed by atoms with van der Waals surface area (Å²) in [6.45, 7) is 4.50. The van der Waals surface area contributed by atoms with Crippen molar-refractivity contribution < 1.29 is 9.59 Å². The second-order valence-electron chi connectivity index (χ2n) is 8.13. The lowest BCUT2D eigenvalue weighted by Gasteiger charge is -2.05. The van der Waals surface area contributed by atoms with Gasteiger partial charge in [-0.1, -0.05) is 43.0 Å². The Morgan fingerprint density at radius 3 is 2.18 bits per heavy atom. The summed E-state index contributed by atoms with van der Waals surface area (Å²) in [5.41, 5.74) is 10.1. The summed E-state index contributed by atoms with van der Waals surface area (Å²) in [6.07, 6.45) is 4.82. The van der Waals surface area contributed by atoms with Gasteiger partial charge >= 0.3 is 0 Å². The van der Waals surface area contributed by atoms with Crippen molar-refractivity contribution in [2.45, 2.75) is 13.0 Å². The number of thioether (sulfide) groups is 1. The molecule has 0 unspecified atom stereocenters. The van der Waals surface area contributed by atoms with E-state index in [0.29, 0.717) is 16.2 Å². The highest BCUT2D eigenvalue weighted by Crippen LogP contribution is 2.38. The summed E-state index contributed by atoms with van der Waals surface area (Å²) < 4.78 is 4.13. The molecule has 0 saturated carbocycles. The molecule has 2 amide bonds. The third-order valence-electron chi connectivity index (χ3n) is 5.99. The molecular formula is C26H24N4O2S. The first-order chi connectivity index (χ1) is 16.0. The molecule has 33 heavy (non-hydrogen) atoms. The van der Waals surface area contributed by atoms with Gasteiger partial charge < -0.3 is 14.9 Å². The zero-order valence-corrected chi connectivity index (χ0v) is 19.1. The Morgan fingerprint density at radius 1 is 0.939 bits per heavy atom. The number of aryl methyl sites for hydroxylation is 2. The Morgan fingerprint density at radius 2 is 1.52 bits per heavy atom. The summed E-state index contributed by atoms with van der Waals surface area (Å²) in [5, 5.41) is 5.03. The highest BCUT2D eigenvalue weighted by Gasteiger charge is 2.35. The molecule has 3 N–H and O–H groups in total. The summed E-state index contributed by atoms with van der Waals surface area (Å²) >= 11 is 1.54. The topological polar surface area (TPSA) is 82.0 Å². The monoisotopic (exact) mass is 456 g/mol. The van der Waals surface area contributed by atoms with Gasteiger partial charge in [-0.3, -0.25) is 14.9 Å². The summed E-state index contributed by atoms with van der Waals surface area (Å²) in [6, 6.07) is 15.9. The number of imide groups is 1. The van der Waals surface area contributed by atoms with Gasteiger partial charge in [-0.25, -0.2) is 0 Å². The van der Waals surface area contributed by atoms with E-state index in [0.717, 1.165) is 51.7 Å². The van der Waals surface area contributed by atoms with Crippen molar-refractivity contribution in [3.8, 4) is 0 Å². The summed E-state index contributed by atoms with van der Waals surface area (Å²) in [5.74, 6) is 0.141. The van der Waals surface area contributed by atoms with E-state index in [2.05, 4.69) is 16.5 Å². The zero-order valence-electron chi connectivity index (χ0n) is 18.3. The van der Waals surface area contributed by atoms with Crippen LogP contribution in [0.25, 0.3) is 33.0 Å². The fourth-order valence-corrected chi connectivity index (χ4v) is 5.11. The average Bonchev–Trinajstić information content (AvgIpc) is 3.42. The molecule has 2 aromatic heterocycles. The van der Waals surface area contributed by atoms with Crippen molar-refractivity contribution in [2.24, 2.45) is 12.8 Å². The number of rotatable bonds is 7. The van der Waals surface area contributed by atoms with Gasteiger partial charge in [0, 0.05) is 64.7 Å². The average molecular weight is 457 g/mol. The van der Waals surface area contributed by atoms with Crippen molar-refractivity contribution in [1.82, 2.24) is 14.5 Å². The van der Waals surface area contributed by atoms with Crippen LogP contribution >= 0.6 is 11.8 Å². The van der Waals surface area contributed by atoms with Gasteiger partial charge in [-0.05, 0) is 18.6 Å². The second-order valence-corrected chi connectivity index (χ2v) is 9.35. The Labute approximate surface area is 195 Å². The van der Waals surface area contributed by atoms with Gasteiger partial charge in [0.15, 0.2) is 0 Å². The van der Waals surface area contributed by atoms with Gasteiger partial charge in [0.1, 0.15) is 0 Å². The Hall–Kier alpha value is -3.71. The Balaban J connectivity index is 1.67. The van der Waals surface area contributed by atoms with Crippen LogP contribution in [0.5, 0.6) is 0 Å². The lowest BCUT2D eigenvalue weighted by molar-refractivity contribution is -0.122. The SMILES string of the molecule is C=C(N)SCCCn1cc(C2=C(c3cn(C)c4ccccc34)C(=O)NC2=O)c2ccccc21. The van der Waals surface area contributed by atoms with Crippen molar-refractivity contribution >= 4 is 56.5 Å². The van der Waals surface area contributed by atoms with Gasteiger partial charge in [-0.15, -0.1) is 11.8 Å². The normalized spacial score (nSPS) is 14.0. The van der Waals surface area contributed by atoms with E-state index in [4.69, 9.17) is 5.73 Å². The number of hydrogen-bond acceptors (Lipinski definition) is 4. The number of fused-ring (bicyclic) bond motifs is 2. The van der Waals surface area contributed by atoms with Crippen LogP contribution in [0.15, 0.2) is 72.5 Å². The Bertz CT molecular complexity index is 1470. The largest absolute Gasteiger partial charge is 0.394 e. The number of carbonyl (C=O) groups is 2. The third-order valence-corrected chi connectivity index (χ3v) is 6.85. The van der Waals surface area contributed by atoms with E-state index >= 15 is 0 Å². The molecule has 7 heteroatoms. The van der Waals surface area contributed by atoms with Crippen LogP contribution in [0.1, 0.15) is 17.5 Å². The molecule has 1 aliphatic rings. The number of nitrogens with zero attached hydrogens (tertiary/aromatic N) is 2. The van der Waals surface area contributed by atoms with E-state index in [1.54, 1.807) is 0 Å². The maximum absolute atomic E-state index is 13.1. The second kappa shape index (κ2) is 8.33. The van der Waals surface area contributed by atoms with Crippen molar-refractivity contribution in [1.29, 1.82) is 0 Å². The minimum absolute atomic E-state index is 0.360. The van der Waals surface area contributed by atoms with Crippen molar-refractivity contribution in [3.63, 3.8) is 0 Å². The molecule has 0 bridgehead atoms. The first-order valence-corrected chi connectivity index (χ1v) is 11.7. The first kappa shape index (κ1) is 21.2. The van der Waals surface area contributed by atoms with E-state index in [-0.39, 0.29) is 11.8 Å². The molecular weight excluding hydrogens is 432 g/mol. The molecule has 0 radical (unpaired) electrons. The van der Waals surface area contributed by atoms with Crippen molar-refractivity contribution in [2.75, 3.05) is 5.75 Å². The molecule has 5 rings (SSSR count). The molecule has 4 aromatic rings. The number of carbonyl (C=O) groups excluding carboxylic acids is 2. The van der Waals surface area contributed by atoms with Crippen LogP contribution in [0.2, 0.25) is 0 Å². The fraction of sp³-hybridized carbons (Fsp3) is 0.154. The van der Waals surface area contributed by atoms with Crippen molar-refractivity contribution in [3.05, 3.63) is 83.7 Å². The van der Waals surface area contributed by atoms with Gasteiger partial charge in [0.2, 0.25) is 0 Å². The summed E-state index contributed by atoms with van der Waals surface area (Å²) in [4.78, 5) is 26.1. The van der Waals surface area contributed by atoms with E-state index in [1.165, 1.54) is 11.8 Å². The maximum atomic E-state index is 13.1. The highest BCUT2D eigenvalue weighted by molar-refractivity contribution is 8.02. The van der Waals surface area contributed by atoms with Crippen LogP contribution in [0, 0.1) is 0 Å². The molecule has 166 valence electrons. The van der Waals surface area contributed by atoms with Crippen LogP contribution in [-0.4, -0.2) is 26.7 Å². The third kappa shape index (κ3) is 3.64. The quantitative estimate of drug-likeness (QED) is 0.322. The molecule has 0 fully saturated rings. The van der Waals surface area contributed by atoms with Gasteiger partial charge in [-0.2, -0.15) is 0 Å². The lowest BCUT2D eigenvalue weighted by Crippen LogP contribution is -2.22. The molecule has 0 saturated heterocycles. The van der Waals surface area contributed by atoms with E-state index in [9.17, 15) is 9.59 Å². The smallest absolute Gasteiger partial charge is 0.259 e. The van der Waals surface area contributed by atoms with Crippen LogP contribution < -0.4 is 11.1 Å². The number of benzene rings is 2. The number of nitrogens with one attached hydrogen (secondary N) is 1. The minimum Gasteiger partial charge on any atom is -0.394 e. The maximum Gasteiger partial charge on any atom is 0.259 e. The molecule has 2 aromatic carbocycles. The molecule has 6 nitrogen and oxygen atoms in total. The molecule has 0 aliphatic carbocycles. The number of aromatic nitrogens is 2. The number of amides is 2. The molecule has 0 spiro atoms. The first-order valence-electron chi connectivity index (χ1n) is 10.8. The van der Waals surface area contributed by atoms with Crippen LogP contribution in [0.4, 0.5) is 0 Å². The Kier molecular flexibility index (Phi) is 5.34. The molecule has 0 atom stereocenters. The van der Waals surface area contributed by atoms with Crippen LogP contribution in [0.3, 0.4) is 0 Å². The predicted molar refractivity (Wildman–Crippen MR) is 135 cm³/mol. The number of para-hydroxylation sites is 2. The number of nitrogens with two attached hydrogens (primary N) is 1. The fourth-order valence-electron chi connectivity index (χ4n) is 4.58. The van der Waals surface area contributed by atoms with E-state index < -0.39 is 0 Å². The van der Waals surface area contributed by atoms with Gasteiger partial charge in [0.05, 0.1) is 16.2 Å².